The van der Waals surface area contributed by atoms with Crippen molar-refractivity contribution in [3.05, 3.63) is 130 Å². The van der Waals surface area contributed by atoms with Crippen molar-refractivity contribution in [3.8, 4) is 0 Å². The average molecular weight is 677 g/mol. The van der Waals surface area contributed by atoms with Crippen LogP contribution in [0.25, 0.3) is 0 Å². The Morgan fingerprint density at radius 1 is 0.818 bits per heavy atom. The van der Waals surface area contributed by atoms with Crippen LogP contribution >= 0.6 is 15.9 Å². The van der Waals surface area contributed by atoms with E-state index in [0.717, 1.165) is 25.5 Å². The van der Waals surface area contributed by atoms with E-state index in [0.29, 0.717) is 5.69 Å². The maximum atomic E-state index is 14.5. The minimum absolute atomic E-state index is 0.0687. The highest BCUT2D eigenvalue weighted by Gasteiger charge is 2.35. The third-order valence-electron chi connectivity index (χ3n) is 6.91. The van der Waals surface area contributed by atoms with Gasteiger partial charge in [-0.05, 0) is 80.8 Å². The molecule has 9 heteroatoms. The molecule has 0 saturated heterocycles. The van der Waals surface area contributed by atoms with E-state index in [9.17, 15) is 18.0 Å². The number of anilines is 1. The highest BCUT2D eigenvalue weighted by atomic mass is 79.9. The van der Waals surface area contributed by atoms with Crippen molar-refractivity contribution in [1.29, 1.82) is 0 Å². The molecule has 0 heterocycles. The summed E-state index contributed by atoms with van der Waals surface area (Å²) >= 11 is 3.51. The van der Waals surface area contributed by atoms with Crippen molar-refractivity contribution < 1.29 is 18.0 Å². The van der Waals surface area contributed by atoms with Gasteiger partial charge in [0.15, 0.2) is 0 Å². The van der Waals surface area contributed by atoms with Crippen LogP contribution < -0.4 is 9.62 Å². The summed E-state index contributed by atoms with van der Waals surface area (Å²) in [4.78, 5) is 30.0. The van der Waals surface area contributed by atoms with Gasteiger partial charge in [-0.15, -0.1) is 0 Å². The van der Waals surface area contributed by atoms with Gasteiger partial charge >= 0.3 is 0 Å². The second-order valence-corrected chi connectivity index (χ2v) is 14.5. The fraction of sp³-hybridized carbons (Fsp3) is 0.257. The number of nitrogens with zero attached hydrogens (tertiary/aromatic N) is 2. The lowest BCUT2D eigenvalue weighted by atomic mass is 10.0. The van der Waals surface area contributed by atoms with Crippen LogP contribution in [-0.2, 0) is 32.6 Å². The Morgan fingerprint density at radius 2 is 1.43 bits per heavy atom. The van der Waals surface area contributed by atoms with E-state index in [-0.39, 0.29) is 23.8 Å². The van der Waals surface area contributed by atoms with E-state index >= 15 is 0 Å². The maximum Gasteiger partial charge on any atom is 0.264 e. The molecule has 4 rings (SSSR count). The summed E-state index contributed by atoms with van der Waals surface area (Å²) in [6, 6.07) is 31.2. The Kier molecular flexibility index (Phi) is 10.7. The lowest BCUT2D eigenvalue weighted by molar-refractivity contribution is -0.140. The minimum atomic E-state index is -4.13. The first-order valence-electron chi connectivity index (χ1n) is 14.4. The number of halogens is 1. The molecule has 0 aliphatic carbocycles. The van der Waals surface area contributed by atoms with Gasteiger partial charge in [0.05, 0.1) is 10.6 Å². The number of benzene rings is 4. The van der Waals surface area contributed by atoms with Crippen LogP contribution in [0.2, 0.25) is 0 Å². The summed E-state index contributed by atoms with van der Waals surface area (Å²) < 4.78 is 30.1. The van der Waals surface area contributed by atoms with Gasteiger partial charge in [-0.2, -0.15) is 0 Å². The molecule has 1 atom stereocenters. The van der Waals surface area contributed by atoms with Crippen LogP contribution in [0.15, 0.2) is 119 Å². The third kappa shape index (κ3) is 8.80. The predicted molar refractivity (Wildman–Crippen MR) is 179 cm³/mol. The summed E-state index contributed by atoms with van der Waals surface area (Å²) in [5.41, 5.74) is 2.33. The summed E-state index contributed by atoms with van der Waals surface area (Å²) in [5, 5.41) is 3.05. The lowest BCUT2D eigenvalue weighted by Crippen LogP contribution is -2.56. The first-order valence-corrected chi connectivity index (χ1v) is 16.6. The second-order valence-electron chi connectivity index (χ2n) is 11.8. The van der Waals surface area contributed by atoms with E-state index in [4.69, 9.17) is 0 Å². The molecule has 1 unspecified atom stereocenters. The minimum Gasteiger partial charge on any atom is -0.350 e. The van der Waals surface area contributed by atoms with Crippen LogP contribution in [-0.4, -0.2) is 43.3 Å². The normalized spacial score (nSPS) is 12.3. The molecule has 230 valence electrons. The number of nitrogens with one attached hydrogen (secondary N) is 1. The Morgan fingerprint density at radius 3 is 2.05 bits per heavy atom. The van der Waals surface area contributed by atoms with Crippen molar-refractivity contribution in [2.45, 2.75) is 57.1 Å². The van der Waals surface area contributed by atoms with Crippen molar-refractivity contribution in [1.82, 2.24) is 10.2 Å². The van der Waals surface area contributed by atoms with Gasteiger partial charge < -0.3 is 10.2 Å². The van der Waals surface area contributed by atoms with Gasteiger partial charge in [0, 0.05) is 23.0 Å². The van der Waals surface area contributed by atoms with Crippen molar-refractivity contribution in [2.24, 2.45) is 0 Å². The van der Waals surface area contributed by atoms with Gasteiger partial charge in [0.2, 0.25) is 11.8 Å². The van der Waals surface area contributed by atoms with E-state index in [1.54, 1.807) is 36.4 Å². The molecular formula is C35H38BrN3O4S. The number of hydrogen-bond donors (Lipinski definition) is 1. The Bertz CT molecular complexity index is 1690. The number of amides is 2. The molecule has 0 aliphatic heterocycles. The molecular weight excluding hydrogens is 638 g/mol. The van der Waals surface area contributed by atoms with E-state index < -0.39 is 34.1 Å². The van der Waals surface area contributed by atoms with Crippen molar-refractivity contribution >= 4 is 43.5 Å². The van der Waals surface area contributed by atoms with Gasteiger partial charge in [0.25, 0.3) is 10.0 Å². The van der Waals surface area contributed by atoms with Crippen LogP contribution in [0.1, 0.15) is 37.5 Å². The highest BCUT2D eigenvalue weighted by Crippen LogP contribution is 2.26. The number of rotatable bonds is 11. The molecule has 1 N–H and O–H groups in total. The van der Waals surface area contributed by atoms with Crippen LogP contribution in [0.4, 0.5) is 5.69 Å². The first kappa shape index (κ1) is 33.0. The number of aryl methyl sites for hydroxylation is 1. The van der Waals surface area contributed by atoms with Crippen molar-refractivity contribution in [2.75, 3.05) is 10.8 Å². The largest absolute Gasteiger partial charge is 0.350 e. The molecule has 0 bridgehead atoms. The number of sulfonamides is 1. The number of hydrogen-bond acceptors (Lipinski definition) is 4. The first-order chi connectivity index (χ1) is 20.8. The van der Waals surface area contributed by atoms with Gasteiger partial charge in [-0.3, -0.25) is 13.9 Å². The molecule has 7 nitrogen and oxygen atoms in total. The molecule has 0 fully saturated rings. The molecule has 0 saturated carbocycles. The van der Waals surface area contributed by atoms with Crippen LogP contribution in [0, 0.1) is 6.92 Å². The smallest absolute Gasteiger partial charge is 0.264 e. The zero-order chi connectivity index (χ0) is 31.9. The molecule has 0 aliphatic rings. The molecule has 4 aromatic rings. The van der Waals surface area contributed by atoms with E-state index in [1.165, 1.54) is 17.0 Å². The molecule has 44 heavy (non-hydrogen) atoms. The molecule has 0 spiro atoms. The van der Waals surface area contributed by atoms with E-state index in [2.05, 4.69) is 21.2 Å². The molecule has 4 aromatic carbocycles. The van der Waals surface area contributed by atoms with Crippen molar-refractivity contribution in [3.63, 3.8) is 0 Å². The SMILES string of the molecule is Cc1cccc(N(CC(=O)N(Cc2cccc(Br)c2)C(Cc2ccccc2)C(=O)NC(C)(C)C)S(=O)(=O)c2ccccc2)c1. The predicted octanol–water partition coefficient (Wildman–Crippen LogP) is 6.51. The number of carbonyl (C=O) groups excluding carboxylic acids is 2. The Balaban J connectivity index is 1.82. The highest BCUT2D eigenvalue weighted by molar-refractivity contribution is 9.10. The third-order valence-corrected chi connectivity index (χ3v) is 9.19. The van der Waals surface area contributed by atoms with Gasteiger partial charge in [-0.1, -0.05) is 88.7 Å². The summed E-state index contributed by atoms with van der Waals surface area (Å²) in [6.45, 7) is 7.12. The zero-order valence-electron chi connectivity index (χ0n) is 25.4. The van der Waals surface area contributed by atoms with E-state index in [1.807, 2.05) is 88.4 Å². The fourth-order valence-corrected chi connectivity index (χ4v) is 6.74. The molecule has 2 amide bonds. The second kappa shape index (κ2) is 14.2. The fourth-order valence-electron chi connectivity index (χ4n) is 4.87. The van der Waals surface area contributed by atoms with Gasteiger partial charge in [0.1, 0.15) is 12.6 Å². The molecule has 0 aromatic heterocycles. The average Bonchev–Trinajstić information content (AvgIpc) is 2.97. The van der Waals surface area contributed by atoms with Crippen LogP contribution in [0.3, 0.4) is 0 Å². The number of carbonyl (C=O) groups is 2. The van der Waals surface area contributed by atoms with Gasteiger partial charge in [-0.25, -0.2) is 8.42 Å². The Labute approximate surface area is 269 Å². The monoisotopic (exact) mass is 675 g/mol. The lowest BCUT2D eigenvalue weighted by Gasteiger charge is -2.35. The zero-order valence-corrected chi connectivity index (χ0v) is 27.8. The maximum absolute atomic E-state index is 14.5. The van der Waals surface area contributed by atoms with Crippen LogP contribution in [0.5, 0.6) is 0 Å². The summed E-state index contributed by atoms with van der Waals surface area (Å²) in [6.07, 6.45) is 0.248. The standard InChI is InChI=1S/C35H38BrN3O4S/c1-26-13-11-18-30(21-26)39(44(42,43)31-19-9-6-10-20-31)25-33(40)38(24-28-16-12-17-29(36)22-28)32(34(41)37-35(2,3)4)23-27-14-7-5-8-15-27/h5-22,32H,23-25H2,1-4H3,(H,37,41). The summed E-state index contributed by atoms with van der Waals surface area (Å²) in [7, 11) is -4.13. The Hall–Kier alpha value is -3.95. The molecule has 0 radical (unpaired) electrons. The topological polar surface area (TPSA) is 86.8 Å². The summed E-state index contributed by atoms with van der Waals surface area (Å²) in [5.74, 6) is -0.825. The quantitative estimate of drug-likeness (QED) is 0.196.